The van der Waals surface area contributed by atoms with Crippen LogP contribution in [-0.2, 0) is 47.5 Å². The maximum Gasteiger partial charge on any atom is 0.306 e. The molecule has 0 aromatic carbocycles. The fourth-order valence-corrected chi connectivity index (χ4v) is 9.08. The number of ether oxygens (including phenoxy) is 8. The fourth-order valence-electron chi connectivity index (χ4n) is 9.08. The lowest BCUT2D eigenvalue weighted by atomic mass is 10.0. The minimum Gasteiger partial charge on any atom is -0.462 e. The molecular formula is C61H120O11. The summed E-state index contributed by atoms with van der Waals surface area (Å²) in [5.41, 5.74) is 0. The molecule has 0 amide bonds. The van der Waals surface area contributed by atoms with Gasteiger partial charge in [-0.3, -0.25) is 9.59 Å². The number of carbonyl (C=O) groups excluding carboxylic acids is 2. The van der Waals surface area contributed by atoms with Gasteiger partial charge in [-0.05, 0) is 77.0 Å². The molecule has 0 saturated carbocycles. The Hall–Kier alpha value is -1.34. The Kier molecular flexibility index (Phi) is 59.4. The van der Waals surface area contributed by atoms with E-state index in [1.165, 1.54) is 128 Å². The van der Waals surface area contributed by atoms with E-state index in [-0.39, 0.29) is 36.9 Å². The average Bonchev–Trinajstić information content (AvgIpc) is 3.38. The highest BCUT2D eigenvalue weighted by atomic mass is 16.6. The molecule has 430 valence electrons. The molecule has 0 unspecified atom stereocenters. The van der Waals surface area contributed by atoms with Crippen molar-refractivity contribution < 1.29 is 52.6 Å². The van der Waals surface area contributed by atoms with Gasteiger partial charge in [-0.15, -0.1) is 0 Å². The fraction of sp³-hybridized carbons (Fsp3) is 0.967. The first-order valence-electron chi connectivity index (χ1n) is 31.0. The van der Waals surface area contributed by atoms with Gasteiger partial charge in [0.2, 0.25) is 0 Å². The molecule has 11 heteroatoms. The zero-order chi connectivity index (χ0) is 52.3. The van der Waals surface area contributed by atoms with Crippen LogP contribution in [-0.4, -0.2) is 115 Å². The first-order chi connectivity index (χ1) is 35.5. The quantitative estimate of drug-likeness (QED) is 0.0462. The SMILES string of the molecule is CCCCCCCCC(CCCCCCCC)OC(=O)CCCCCCCOC[C@H](COCCOCCOCCOCCO)OCCCCCCCC(=O)OC(CCCCCCCC)CCCCCCCC. The molecule has 0 radical (unpaired) electrons. The zero-order valence-corrected chi connectivity index (χ0v) is 48.0. The van der Waals surface area contributed by atoms with Gasteiger partial charge in [0, 0.05) is 26.1 Å². The van der Waals surface area contributed by atoms with Crippen LogP contribution in [0.5, 0.6) is 0 Å². The molecule has 11 nitrogen and oxygen atoms in total. The molecule has 0 aromatic heterocycles. The van der Waals surface area contributed by atoms with Gasteiger partial charge in [-0.2, -0.15) is 0 Å². The van der Waals surface area contributed by atoms with E-state index >= 15 is 0 Å². The molecule has 1 N–H and O–H groups in total. The number of unbranched alkanes of at least 4 members (excludes halogenated alkanes) is 28. The Balaban J connectivity index is 4.60. The van der Waals surface area contributed by atoms with Crippen molar-refractivity contribution in [3.8, 4) is 0 Å². The van der Waals surface area contributed by atoms with Crippen molar-refractivity contribution in [3.63, 3.8) is 0 Å². The third-order valence-electron chi connectivity index (χ3n) is 13.6. The van der Waals surface area contributed by atoms with Crippen LogP contribution in [0, 0.1) is 0 Å². The highest BCUT2D eigenvalue weighted by Gasteiger charge is 2.16. The second-order valence-corrected chi connectivity index (χ2v) is 20.7. The average molecular weight is 1030 g/mol. The van der Waals surface area contributed by atoms with Gasteiger partial charge in [0.1, 0.15) is 18.3 Å². The lowest BCUT2D eigenvalue weighted by Gasteiger charge is -2.19. The van der Waals surface area contributed by atoms with Crippen molar-refractivity contribution >= 4 is 11.9 Å². The van der Waals surface area contributed by atoms with Crippen molar-refractivity contribution in [2.24, 2.45) is 0 Å². The van der Waals surface area contributed by atoms with Crippen molar-refractivity contribution in [1.29, 1.82) is 0 Å². The molecule has 0 spiro atoms. The van der Waals surface area contributed by atoms with Gasteiger partial charge in [0.15, 0.2) is 0 Å². The molecule has 0 aliphatic rings. The molecular weight excluding hydrogens is 909 g/mol. The Morgan fingerprint density at radius 2 is 0.597 bits per heavy atom. The summed E-state index contributed by atoms with van der Waals surface area (Å²) in [5.74, 6) is -0.0238. The molecule has 72 heavy (non-hydrogen) atoms. The molecule has 1 atom stereocenters. The number of esters is 2. The Bertz CT molecular complexity index is 1030. The van der Waals surface area contributed by atoms with Crippen LogP contribution in [0.15, 0.2) is 0 Å². The van der Waals surface area contributed by atoms with Gasteiger partial charge in [-0.25, -0.2) is 0 Å². The van der Waals surface area contributed by atoms with Crippen molar-refractivity contribution in [3.05, 3.63) is 0 Å². The Labute approximate surface area is 445 Å². The van der Waals surface area contributed by atoms with Crippen LogP contribution >= 0.6 is 0 Å². The number of aliphatic hydroxyl groups is 1. The van der Waals surface area contributed by atoms with Gasteiger partial charge in [-0.1, -0.05) is 195 Å². The summed E-state index contributed by atoms with van der Waals surface area (Å²) in [6.07, 6.45) is 45.6. The van der Waals surface area contributed by atoms with Crippen LogP contribution < -0.4 is 0 Å². The summed E-state index contributed by atoms with van der Waals surface area (Å²) in [7, 11) is 0. The van der Waals surface area contributed by atoms with E-state index in [0.29, 0.717) is 85.5 Å². The molecule has 0 fully saturated rings. The first kappa shape index (κ1) is 70.7. The molecule has 0 aliphatic carbocycles. The topological polar surface area (TPSA) is 128 Å². The molecule has 0 aliphatic heterocycles. The molecule has 0 bridgehead atoms. The van der Waals surface area contributed by atoms with Gasteiger partial charge in [0.25, 0.3) is 0 Å². The lowest BCUT2D eigenvalue weighted by Crippen LogP contribution is -2.27. The third-order valence-corrected chi connectivity index (χ3v) is 13.6. The Morgan fingerprint density at radius 3 is 0.972 bits per heavy atom. The van der Waals surface area contributed by atoms with Crippen LogP contribution in [0.1, 0.15) is 285 Å². The Morgan fingerprint density at radius 1 is 0.306 bits per heavy atom. The summed E-state index contributed by atoms with van der Waals surface area (Å²) in [5, 5.41) is 8.79. The van der Waals surface area contributed by atoms with E-state index in [1.807, 2.05) is 0 Å². The maximum absolute atomic E-state index is 12.9. The smallest absolute Gasteiger partial charge is 0.306 e. The van der Waals surface area contributed by atoms with E-state index in [2.05, 4.69) is 27.7 Å². The van der Waals surface area contributed by atoms with E-state index in [4.69, 9.17) is 43.0 Å². The van der Waals surface area contributed by atoms with Gasteiger partial charge in [0.05, 0.1) is 66.1 Å². The van der Waals surface area contributed by atoms with Gasteiger partial charge < -0.3 is 43.0 Å². The predicted molar refractivity (Wildman–Crippen MR) is 298 cm³/mol. The molecule has 0 saturated heterocycles. The van der Waals surface area contributed by atoms with Crippen LogP contribution in [0.25, 0.3) is 0 Å². The highest BCUT2D eigenvalue weighted by molar-refractivity contribution is 5.69. The minimum absolute atomic E-state index is 0.0102. The largest absolute Gasteiger partial charge is 0.462 e. The van der Waals surface area contributed by atoms with Crippen molar-refractivity contribution in [2.45, 2.75) is 303 Å². The highest BCUT2D eigenvalue weighted by Crippen LogP contribution is 2.20. The first-order valence-corrected chi connectivity index (χ1v) is 31.0. The number of carbonyl (C=O) groups is 2. The lowest BCUT2D eigenvalue weighted by molar-refractivity contribution is -0.151. The van der Waals surface area contributed by atoms with E-state index in [0.717, 1.165) is 116 Å². The summed E-state index contributed by atoms with van der Waals surface area (Å²) < 4.78 is 46.8. The van der Waals surface area contributed by atoms with E-state index in [9.17, 15) is 9.59 Å². The normalized spacial score (nSPS) is 12.2. The second kappa shape index (κ2) is 60.5. The minimum atomic E-state index is -0.153. The summed E-state index contributed by atoms with van der Waals surface area (Å²) in [6, 6.07) is 0. The van der Waals surface area contributed by atoms with E-state index < -0.39 is 0 Å². The molecule has 0 heterocycles. The second-order valence-electron chi connectivity index (χ2n) is 20.7. The van der Waals surface area contributed by atoms with Crippen molar-refractivity contribution in [2.75, 3.05) is 79.3 Å². The maximum atomic E-state index is 12.9. The number of rotatable bonds is 62. The predicted octanol–water partition coefficient (Wildman–Crippen LogP) is 16.0. The summed E-state index contributed by atoms with van der Waals surface area (Å²) in [4.78, 5) is 25.7. The monoisotopic (exact) mass is 1030 g/mol. The third kappa shape index (κ3) is 54.9. The number of hydrogen-bond acceptors (Lipinski definition) is 11. The molecule has 0 rings (SSSR count). The van der Waals surface area contributed by atoms with Gasteiger partial charge >= 0.3 is 11.9 Å². The number of aliphatic hydroxyl groups excluding tert-OH is 1. The van der Waals surface area contributed by atoms with Crippen LogP contribution in [0.2, 0.25) is 0 Å². The van der Waals surface area contributed by atoms with Crippen molar-refractivity contribution in [1.82, 2.24) is 0 Å². The van der Waals surface area contributed by atoms with E-state index in [1.54, 1.807) is 0 Å². The molecule has 0 aromatic rings. The standard InChI is InChI=1S/C61H120O11/c1-5-9-13-17-23-31-39-57(40-32-24-18-14-10-6-2)71-60(63)43-35-27-21-29-37-46-68-55-59(56-69-54-53-67-52-51-66-50-49-65-48-45-62)70-47-38-30-22-28-36-44-61(64)72-58(41-33-25-19-15-11-7-3)42-34-26-20-16-12-8-4/h57-59,62H,5-56H2,1-4H3/t59-/m1/s1. The number of hydrogen-bond donors (Lipinski definition) is 1. The summed E-state index contributed by atoms with van der Waals surface area (Å²) >= 11 is 0. The van der Waals surface area contributed by atoms with Crippen LogP contribution in [0.4, 0.5) is 0 Å². The zero-order valence-electron chi connectivity index (χ0n) is 48.0. The van der Waals surface area contributed by atoms with Crippen LogP contribution in [0.3, 0.4) is 0 Å². The summed E-state index contributed by atoms with van der Waals surface area (Å²) in [6.45, 7) is 14.5.